The number of aromatic amines is 1. The Balaban J connectivity index is 1.75. The van der Waals surface area contributed by atoms with Crippen molar-refractivity contribution in [3.05, 3.63) is 59.0 Å². The third-order valence-corrected chi connectivity index (χ3v) is 5.87. The third-order valence-electron chi connectivity index (χ3n) is 5.87. The van der Waals surface area contributed by atoms with Gasteiger partial charge in [-0.3, -0.25) is 4.90 Å². The fourth-order valence-corrected chi connectivity index (χ4v) is 4.57. The molecule has 2 aliphatic heterocycles. The number of methoxy groups -OCH3 is 1. The topological polar surface area (TPSA) is 65.6 Å². The molecule has 0 radical (unpaired) electrons. The summed E-state index contributed by atoms with van der Waals surface area (Å²) >= 11 is 0. The van der Waals surface area contributed by atoms with Gasteiger partial charge in [-0.1, -0.05) is 29.8 Å². The molecule has 26 heavy (non-hydrogen) atoms. The van der Waals surface area contributed by atoms with Crippen LogP contribution in [0.3, 0.4) is 0 Å². The van der Waals surface area contributed by atoms with Gasteiger partial charge in [0.05, 0.1) is 25.0 Å². The molecule has 1 saturated heterocycles. The number of benzene rings is 1. The Morgan fingerprint density at radius 2 is 2.19 bits per heavy atom. The van der Waals surface area contributed by atoms with Crippen molar-refractivity contribution in [2.45, 2.75) is 25.8 Å². The number of carbonyl (C=O) groups is 1. The minimum atomic E-state index is -0.460. The van der Waals surface area contributed by atoms with E-state index in [9.17, 15) is 9.90 Å². The van der Waals surface area contributed by atoms with Gasteiger partial charge < -0.3 is 14.8 Å². The number of nitrogens with zero attached hydrogens (tertiary/aromatic N) is 1. The molecule has 1 aromatic heterocycles. The quantitative estimate of drug-likeness (QED) is 0.375. The number of para-hydroxylation sites is 1. The molecule has 2 aromatic rings. The van der Waals surface area contributed by atoms with Crippen LogP contribution in [-0.4, -0.2) is 41.2 Å². The first-order valence-electron chi connectivity index (χ1n) is 9.09. The molecule has 5 nitrogen and oxygen atoms in total. The summed E-state index contributed by atoms with van der Waals surface area (Å²) in [5.41, 5.74) is 5.30. The Morgan fingerprint density at radius 3 is 2.92 bits per heavy atom. The minimum Gasteiger partial charge on any atom is -0.515 e. The van der Waals surface area contributed by atoms with Crippen LogP contribution in [0.5, 0.6) is 0 Å². The average molecular weight is 352 g/mol. The highest BCUT2D eigenvalue weighted by molar-refractivity contribution is 5.89. The van der Waals surface area contributed by atoms with Crippen LogP contribution in [0, 0.1) is 5.92 Å². The summed E-state index contributed by atoms with van der Waals surface area (Å²) < 4.78 is 4.89. The van der Waals surface area contributed by atoms with Crippen LogP contribution in [0.1, 0.15) is 30.6 Å². The van der Waals surface area contributed by atoms with Crippen LogP contribution in [0.4, 0.5) is 0 Å². The van der Waals surface area contributed by atoms with E-state index in [1.54, 1.807) is 0 Å². The van der Waals surface area contributed by atoms with Crippen molar-refractivity contribution in [1.82, 2.24) is 9.88 Å². The molecule has 2 unspecified atom stereocenters. The summed E-state index contributed by atoms with van der Waals surface area (Å²) in [5.74, 6) is -0.589. The Bertz CT molecular complexity index is 909. The summed E-state index contributed by atoms with van der Waals surface area (Å²) in [5, 5.41) is 11.0. The van der Waals surface area contributed by atoms with E-state index >= 15 is 0 Å². The van der Waals surface area contributed by atoms with E-state index in [1.807, 2.05) is 13.0 Å². The van der Waals surface area contributed by atoms with Gasteiger partial charge in [0.15, 0.2) is 0 Å². The van der Waals surface area contributed by atoms with Crippen molar-refractivity contribution in [3.63, 3.8) is 0 Å². The second-order valence-electron chi connectivity index (χ2n) is 7.03. The SMILES string of the molecule is C/C=C1/CN2CCc3c([nH]c4ccccc34)C2CC1C(=CO)C(=O)OC. The van der Waals surface area contributed by atoms with Gasteiger partial charge in [-0.25, -0.2) is 4.79 Å². The Labute approximate surface area is 153 Å². The van der Waals surface area contributed by atoms with Crippen LogP contribution < -0.4 is 0 Å². The number of hydrogen-bond acceptors (Lipinski definition) is 4. The van der Waals surface area contributed by atoms with Crippen LogP contribution in [0.25, 0.3) is 10.9 Å². The van der Waals surface area contributed by atoms with Crippen molar-refractivity contribution >= 4 is 16.9 Å². The van der Waals surface area contributed by atoms with Crippen molar-refractivity contribution in [2.24, 2.45) is 5.92 Å². The zero-order valence-electron chi connectivity index (χ0n) is 15.2. The fourth-order valence-electron chi connectivity index (χ4n) is 4.57. The summed E-state index contributed by atoms with van der Waals surface area (Å²) in [6, 6.07) is 8.62. The monoisotopic (exact) mass is 352 g/mol. The number of aliphatic hydroxyl groups excluding tert-OH is 1. The van der Waals surface area contributed by atoms with Crippen molar-refractivity contribution in [3.8, 4) is 0 Å². The first kappa shape index (κ1) is 16.9. The standard InChI is InChI=1S/C21H24N2O3/c1-3-13-11-23-9-8-15-14-6-4-5-7-18(14)22-20(15)19(23)10-16(13)17(12-24)21(25)26-2/h3-7,12,16,19,22,24H,8-11H2,1-2H3/b13-3-,17-12?. The lowest BCUT2D eigenvalue weighted by atomic mass is 9.78. The Morgan fingerprint density at radius 1 is 1.38 bits per heavy atom. The number of aromatic nitrogens is 1. The van der Waals surface area contributed by atoms with E-state index in [0.29, 0.717) is 5.57 Å². The highest BCUT2D eigenvalue weighted by Gasteiger charge is 2.40. The highest BCUT2D eigenvalue weighted by Crippen LogP contribution is 2.44. The molecule has 0 spiro atoms. The van der Waals surface area contributed by atoms with Gasteiger partial charge in [-0.05, 0) is 31.4 Å². The van der Waals surface area contributed by atoms with Gasteiger partial charge in [0.25, 0.3) is 0 Å². The van der Waals surface area contributed by atoms with Crippen LogP contribution in [0.2, 0.25) is 0 Å². The lowest BCUT2D eigenvalue weighted by Gasteiger charge is -2.43. The summed E-state index contributed by atoms with van der Waals surface area (Å²) in [6.07, 6.45) is 4.76. The number of ether oxygens (including phenoxy) is 1. The number of nitrogens with one attached hydrogen (secondary N) is 1. The zero-order valence-corrected chi connectivity index (χ0v) is 15.2. The minimum absolute atomic E-state index is 0.129. The Hall–Kier alpha value is -2.53. The van der Waals surface area contributed by atoms with Crippen molar-refractivity contribution in [2.75, 3.05) is 20.2 Å². The normalized spacial score (nSPS) is 25.2. The number of H-pyrrole nitrogens is 1. The summed E-state index contributed by atoms with van der Waals surface area (Å²) in [6.45, 7) is 3.79. The van der Waals surface area contributed by atoms with Crippen LogP contribution in [-0.2, 0) is 16.0 Å². The largest absolute Gasteiger partial charge is 0.515 e. The zero-order chi connectivity index (χ0) is 18.3. The van der Waals surface area contributed by atoms with Gasteiger partial charge in [0.1, 0.15) is 0 Å². The maximum absolute atomic E-state index is 12.2. The molecule has 2 aliphatic rings. The van der Waals surface area contributed by atoms with Gasteiger partial charge >= 0.3 is 5.97 Å². The van der Waals surface area contributed by atoms with E-state index < -0.39 is 5.97 Å². The number of piperidine rings is 1. The highest BCUT2D eigenvalue weighted by atomic mass is 16.5. The molecule has 136 valence electrons. The molecule has 4 rings (SSSR count). The predicted octanol–water partition coefficient (Wildman–Crippen LogP) is 3.65. The second kappa shape index (κ2) is 6.65. The number of hydrogen-bond donors (Lipinski definition) is 2. The molecule has 2 N–H and O–H groups in total. The molecular weight excluding hydrogens is 328 g/mol. The number of allylic oxidation sites excluding steroid dienone is 1. The lowest BCUT2D eigenvalue weighted by molar-refractivity contribution is -0.136. The van der Waals surface area contributed by atoms with Crippen molar-refractivity contribution in [1.29, 1.82) is 0 Å². The van der Waals surface area contributed by atoms with Crippen molar-refractivity contribution < 1.29 is 14.6 Å². The molecule has 5 heteroatoms. The van der Waals surface area contributed by atoms with E-state index in [4.69, 9.17) is 4.74 Å². The molecule has 3 heterocycles. The average Bonchev–Trinajstić information content (AvgIpc) is 3.07. The van der Waals surface area contributed by atoms with E-state index in [0.717, 1.165) is 37.8 Å². The first-order chi connectivity index (χ1) is 12.7. The Kier molecular flexibility index (Phi) is 4.32. The molecule has 0 saturated carbocycles. The molecular formula is C21H24N2O3. The van der Waals surface area contributed by atoms with Gasteiger partial charge in [0, 0.05) is 35.6 Å². The molecule has 2 atom stereocenters. The van der Waals surface area contributed by atoms with E-state index in [-0.39, 0.29) is 12.0 Å². The fraction of sp³-hybridized carbons (Fsp3) is 0.381. The maximum atomic E-state index is 12.2. The van der Waals surface area contributed by atoms with E-state index in [1.165, 1.54) is 29.3 Å². The molecule has 1 aromatic carbocycles. The maximum Gasteiger partial charge on any atom is 0.337 e. The van der Waals surface area contributed by atoms with Gasteiger partial charge in [-0.15, -0.1) is 0 Å². The van der Waals surface area contributed by atoms with Gasteiger partial charge in [-0.2, -0.15) is 0 Å². The van der Waals surface area contributed by atoms with E-state index in [2.05, 4.69) is 34.2 Å². The van der Waals surface area contributed by atoms with Gasteiger partial charge in [0.2, 0.25) is 0 Å². The number of aliphatic hydroxyl groups is 1. The lowest BCUT2D eigenvalue weighted by Crippen LogP contribution is -2.43. The van der Waals surface area contributed by atoms with Crippen LogP contribution in [0.15, 0.2) is 47.7 Å². The molecule has 0 aliphatic carbocycles. The molecule has 0 bridgehead atoms. The number of esters is 1. The smallest absolute Gasteiger partial charge is 0.337 e. The second-order valence-corrected chi connectivity index (χ2v) is 7.03. The summed E-state index contributed by atoms with van der Waals surface area (Å²) in [4.78, 5) is 18.2. The molecule has 0 amide bonds. The van der Waals surface area contributed by atoms with Crippen LogP contribution >= 0.6 is 0 Å². The number of carbonyl (C=O) groups excluding carboxylic acids is 1. The predicted molar refractivity (Wildman–Crippen MR) is 101 cm³/mol. The number of rotatable bonds is 2. The third kappa shape index (κ3) is 2.54. The molecule has 1 fully saturated rings. The number of fused-ring (bicyclic) bond motifs is 5. The summed E-state index contributed by atoms with van der Waals surface area (Å²) in [7, 11) is 1.35. The first-order valence-corrected chi connectivity index (χ1v) is 9.09.